The van der Waals surface area contributed by atoms with Gasteiger partial charge in [0.25, 0.3) is 0 Å². The molecule has 0 atom stereocenters. The van der Waals surface area contributed by atoms with Crippen LogP contribution in [0.15, 0.2) is 18.2 Å². The molecule has 0 radical (unpaired) electrons. The van der Waals surface area contributed by atoms with Gasteiger partial charge in [0.1, 0.15) is 5.75 Å². The molecule has 0 unspecified atom stereocenters. The van der Waals surface area contributed by atoms with Gasteiger partial charge in [-0.05, 0) is 18.6 Å². The van der Waals surface area contributed by atoms with Gasteiger partial charge in [-0.1, -0.05) is 26.2 Å². The number of methoxy groups -OCH3 is 1. The first-order valence-electron chi connectivity index (χ1n) is 6.29. The summed E-state index contributed by atoms with van der Waals surface area (Å²) in [7, 11) is 1.54. The Morgan fingerprint density at radius 2 is 2.00 bits per heavy atom. The molecule has 18 heavy (non-hydrogen) atoms. The quantitative estimate of drug-likeness (QED) is 0.459. The molecule has 0 heterocycles. The maximum Gasteiger partial charge on any atom is 0.338 e. The lowest BCUT2D eigenvalue weighted by molar-refractivity contribution is 0.0497. The van der Waals surface area contributed by atoms with Gasteiger partial charge >= 0.3 is 5.97 Å². The van der Waals surface area contributed by atoms with E-state index in [0.717, 1.165) is 12.8 Å². The lowest BCUT2D eigenvalue weighted by Crippen LogP contribution is -2.07. The molecule has 1 aromatic carbocycles. The van der Waals surface area contributed by atoms with Crippen molar-refractivity contribution in [3.8, 4) is 5.75 Å². The molecule has 0 aliphatic carbocycles. The van der Waals surface area contributed by atoms with Crippen molar-refractivity contribution in [3.05, 3.63) is 23.8 Å². The minimum absolute atomic E-state index is 0.350. The summed E-state index contributed by atoms with van der Waals surface area (Å²) in [5.74, 6) is 0.213. The number of esters is 1. The molecule has 1 rings (SSSR count). The number of nitrogens with two attached hydrogens (primary N) is 1. The van der Waals surface area contributed by atoms with E-state index in [9.17, 15) is 4.79 Å². The Bertz CT molecular complexity index is 391. The van der Waals surface area contributed by atoms with Crippen LogP contribution in [0.3, 0.4) is 0 Å². The second kappa shape index (κ2) is 7.58. The van der Waals surface area contributed by atoms with Crippen molar-refractivity contribution in [3.63, 3.8) is 0 Å². The van der Waals surface area contributed by atoms with Crippen LogP contribution >= 0.6 is 0 Å². The van der Waals surface area contributed by atoms with Crippen molar-refractivity contribution < 1.29 is 14.3 Å². The smallest absolute Gasteiger partial charge is 0.338 e. The summed E-state index contributed by atoms with van der Waals surface area (Å²) in [5, 5.41) is 0. The number of nitrogen functional groups attached to an aromatic ring is 1. The predicted octanol–water partition coefficient (Wildman–Crippen LogP) is 3.01. The minimum Gasteiger partial charge on any atom is -0.497 e. The number of anilines is 1. The zero-order valence-corrected chi connectivity index (χ0v) is 11.1. The van der Waals surface area contributed by atoms with E-state index in [1.54, 1.807) is 18.2 Å². The summed E-state index contributed by atoms with van der Waals surface area (Å²) in [5.41, 5.74) is 6.60. The minimum atomic E-state index is -0.350. The summed E-state index contributed by atoms with van der Waals surface area (Å²) >= 11 is 0. The van der Waals surface area contributed by atoms with Gasteiger partial charge in [-0.15, -0.1) is 0 Å². The molecule has 1 aromatic rings. The van der Waals surface area contributed by atoms with Crippen molar-refractivity contribution >= 4 is 11.7 Å². The average Bonchev–Trinajstić information content (AvgIpc) is 2.37. The summed E-state index contributed by atoms with van der Waals surface area (Å²) in [4.78, 5) is 11.8. The number of carbonyl (C=O) groups excluding carboxylic acids is 1. The van der Waals surface area contributed by atoms with Crippen LogP contribution in [-0.2, 0) is 4.74 Å². The highest BCUT2D eigenvalue weighted by molar-refractivity contribution is 5.91. The summed E-state index contributed by atoms with van der Waals surface area (Å²) < 4.78 is 10.2. The Kier molecular flexibility index (Phi) is 6.05. The number of hydrogen-bond donors (Lipinski definition) is 1. The standard InChI is InChI=1S/C14H21NO3/c1-3-4-5-6-7-18-14(16)11-8-12(15)10-13(9-11)17-2/h8-10H,3-7,15H2,1-2H3. The van der Waals surface area contributed by atoms with Gasteiger partial charge in [-0.2, -0.15) is 0 Å². The lowest BCUT2D eigenvalue weighted by Gasteiger charge is -2.07. The van der Waals surface area contributed by atoms with Crippen molar-refractivity contribution in [2.45, 2.75) is 32.6 Å². The molecule has 100 valence electrons. The first-order valence-corrected chi connectivity index (χ1v) is 6.29. The Morgan fingerprint density at radius 1 is 1.22 bits per heavy atom. The number of unbranched alkanes of at least 4 members (excludes halogenated alkanes) is 3. The molecule has 0 amide bonds. The SMILES string of the molecule is CCCCCCOC(=O)c1cc(N)cc(OC)c1. The van der Waals surface area contributed by atoms with Gasteiger partial charge in [0, 0.05) is 11.8 Å². The fourth-order valence-electron chi connectivity index (χ4n) is 1.63. The molecule has 2 N–H and O–H groups in total. The number of carbonyl (C=O) groups is 1. The number of benzene rings is 1. The van der Waals surface area contributed by atoms with Crippen molar-refractivity contribution in [2.75, 3.05) is 19.5 Å². The van der Waals surface area contributed by atoms with E-state index in [1.165, 1.54) is 20.0 Å². The third-order valence-electron chi connectivity index (χ3n) is 2.63. The van der Waals surface area contributed by atoms with Gasteiger partial charge < -0.3 is 15.2 Å². The lowest BCUT2D eigenvalue weighted by atomic mass is 10.2. The molecule has 4 nitrogen and oxygen atoms in total. The summed E-state index contributed by atoms with van der Waals surface area (Å²) in [6.07, 6.45) is 4.33. The first kappa shape index (κ1) is 14.4. The van der Waals surface area contributed by atoms with Crippen LogP contribution < -0.4 is 10.5 Å². The van der Waals surface area contributed by atoms with Crippen LogP contribution in [0.5, 0.6) is 5.75 Å². The van der Waals surface area contributed by atoms with Crippen molar-refractivity contribution in [1.82, 2.24) is 0 Å². The molecular weight excluding hydrogens is 230 g/mol. The van der Waals surface area contributed by atoms with E-state index in [1.807, 2.05) is 0 Å². The van der Waals surface area contributed by atoms with E-state index in [4.69, 9.17) is 15.2 Å². The number of rotatable bonds is 7. The molecule has 0 aliphatic heterocycles. The monoisotopic (exact) mass is 251 g/mol. The second-order valence-electron chi connectivity index (χ2n) is 4.19. The highest BCUT2D eigenvalue weighted by Crippen LogP contribution is 2.19. The molecule has 0 aliphatic rings. The van der Waals surface area contributed by atoms with Crippen LogP contribution in [-0.4, -0.2) is 19.7 Å². The zero-order chi connectivity index (χ0) is 13.4. The van der Waals surface area contributed by atoms with Crippen LogP contribution in [0.2, 0.25) is 0 Å². The maximum absolute atomic E-state index is 11.8. The third-order valence-corrected chi connectivity index (χ3v) is 2.63. The van der Waals surface area contributed by atoms with Gasteiger partial charge in [-0.25, -0.2) is 4.79 Å². The molecule has 4 heteroatoms. The zero-order valence-electron chi connectivity index (χ0n) is 11.1. The highest BCUT2D eigenvalue weighted by atomic mass is 16.5. The topological polar surface area (TPSA) is 61.5 Å². The fourth-order valence-corrected chi connectivity index (χ4v) is 1.63. The van der Waals surface area contributed by atoms with E-state index in [0.29, 0.717) is 23.6 Å². The van der Waals surface area contributed by atoms with Gasteiger partial charge in [-0.3, -0.25) is 0 Å². The molecule has 0 bridgehead atoms. The molecular formula is C14H21NO3. The van der Waals surface area contributed by atoms with Crippen molar-refractivity contribution in [1.29, 1.82) is 0 Å². The Morgan fingerprint density at radius 3 is 2.67 bits per heavy atom. The van der Waals surface area contributed by atoms with E-state index >= 15 is 0 Å². The first-order chi connectivity index (χ1) is 8.67. The predicted molar refractivity (Wildman–Crippen MR) is 71.8 cm³/mol. The third kappa shape index (κ3) is 4.65. The van der Waals surface area contributed by atoms with Crippen LogP contribution in [0.1, 0.15) is 43.0 Å². The Labute approximate surface area is 108 Å². The molecule has 0 saturated heterocycles. The average molecular weight is 251 g/mol. The molecule has 0 aromatic heterocycles. The Hall–Kier alpha value is -1.71. The summed E-state index contributed by atoms with van der Waals surface area (Å²) in [6, 6.07) is 4.89. The van der Waals surface area contributed by atoms with E-state index in [-0.39, 0.29) is 5.97 Å². The summed E-state index contributed by atoms with van der Waals surface area (Å²) in [6.45, 7) is 2.60. The van der Waals surface area contributed by atoms with Gasteiger partial charge in [0.05, 0.1) is 19.3 Å². The second-order valence-corrected chi connectivity index (χ2v) is 4.19. The highest BCUT2D eigenvalue weighted by Gasteiger charge is 2.09. The molecule has 0 fully saturated rings. The van der Waals surface area contributed by atoms with E-state index in [2.05, 4.69) is 6.92 Å². The van der Waals surface area contributed by atoms with Crippen molar-refractivity contribution in [2.24, 2.45) is 0 Å². The van der Waals surface area contributed by atoms with Gasteiger partial charge in [0.15, 0.2) is 0 Å². The molecule has 0 saturated carbocycles. The number of hydrogen-bond acceptors (Lipinski definition) is 4. The van der Waals surface area contributed by atoms with Crippen LogP contribution in [0, 0.1) is 0 Å². The van der Waals surface area contributed by atoms with Crippen LogP contribution in [0.4, 0.5) is 5.69 Å². The fraction of sp³-hybridized carbons (Fsp3) is 0.500. The number of ether oxygens (including phenoxy) is 2. The normalized spacial score (nSPS) is 10.1. The Balaban J connectivity index is 2.48. The largest absolute Gasteiger partial charge is 0.497 e. The molecule has 0 spiro atoms. The van der Waals surface area contributed by atoms with Gasteiger partial charge in [0.2, 0.25) is 0 Å². The van der Waals surface area contributed by atoms with Crippen LogP contribution in [0.25, 0.3) is 0 Å². The van der Waals surface area contributed by atoms with E-state index < -0.39 is 0 Å². The maximum atomic E-state index is 11.8.